The van der Waals surface area contributed by atoms with Gasteiger partial charge in [0.1, 0.15) is 12.2 Å². The maximum absolute atomic E-state index is 12.0. The van der Waals surface area contributed by atoms with Crippen molar-refractivity contribution in [3.8, 4) is 0 Å². The van der Waals surface area contributed by atoms with E-state index in [4.69, 9.17) is 15.3 Å². The molecule has 1 rings (SSSR count). The van der Waals surface area contributed by atoms with Gasteiger partial charge in [-0.1, -0.05) is 18.2 Å². The summed E-state index contributed by atoms with van der Waals surface area (Å²) >= 11 is 0. The van der Waals surface area contributed by atoms with Crippen LogP contribution in [0.25, 0.3) is 0 Å². The molecule has 0 fully saturated rings. The van der Waals surface area contributed by atoms with Crippen LogP contribution in [-0.2, 0) is 0 Å². The largest absolute Gasteiger partial charge is 0.418 e. The van der Waals surface area contributed by atoms with Crippen molar-refractivity contribution >= 4 is 0 Å². The summed E-state index contributed by atoms with van der Waals surface area (Å²) in [6.07, 6.45) is -7.47. The topological polar surface area (TPSA) is 60.7 Å². The molecule has 0 spiro atoms. The highest BCUT2D eigenvalue weighted by Gasteiger charge is 2.43. The summed E-state index contributed by atoms with van der Waals surface area (Å²) in [7, 11) is 0. The van der Waals surface area contributed by atoms with E-state index in [0.29, 0.717) is 0 Å². The molecular formula is C8H9F3O3. The van der Waals surface area contributed by atoms with Crippen molar-refractivity contribution in [1.29, 1.82) is 0 Å². The first kappa shape index (κ1) is 11.2. The van der Waals surface area contributed by atoms with Gasteiger partial charge in [-0.2, -0.15) is 13.2 Å². The molecule has 0 aromatic rings. The van der Waals surface area contributed by atoms with Gasteiger partial charge in [0.2, 0.25) is 0 Å². The SMILES string of the molecule is OC(C1=CC=C[C@@H](O)[C@@H]1O)C(F)(F)F. The number of halogens is 3. The Morgan fingerprint density at radius 1 is 1.29 bits per heavy atom. The molecule has 0 radical (unpaired) electrons. The molecule has 6 heteroatoms. The molecule has 1 aliphatic rings. The summed E-state index contributed by atoms with van der Waals surface area (Å²) in [6.45, 7) is 0. The summed E-state index contributed by atoms with van der Waals surface area (Å²) in [6, 6.07) is 0. The van der Waals surface area contributed by atoms with Crippen molar-refractivity contribution in [1.82, 2.24) is 0 Å². The summed E-state index contributed by atoms with van der Waals surface area (Å²) in [4.78, 5) is 0. The number of aliphatic hydroxyl groups is 3. The van der Waals surface area contributed by atoms with Crippen molar-refractivity contribution in [2.24, 2.45) is 0 Å². The summed E-state index contributed by atoms with van der Waals surface area (Å²) in [5.74, 6) is 0. The van der Waals surface area contributed by atoms with Gasteiger partial charge in [0, 0.05) is 0 Å². The van der Waals surface area contributed by atoms with E-state index in [-0.39, 0.29) is 0 Å². The van der Waals surface area contributed by atoms with E-state index in [1.807, 2.05) is 0 Å². The average molecular weight is 210 g/mol. The molecule has 0 aromatic carbocycles. The zero-order chi connectivity index (χ0) is 10.9. The van der Waals surface area contributed by atoms with E-state index in [1.165, 1.54) is 0 Å². The van der Waals surface area contributed by atoms with Gasteiger partial charge in [0.25, 0.3) is 0 Å². The Bertz CT molecular complexity index is 269. The molecule has 3 atom stereocenters. The quantitative estimate of drug-likeness (QED) is 0.576. The Balaban J connectivity index is 2.88. The molecule has 0 aromatic heterocycles. The second-order valence-corrected chi connectivity index (χ2v) is 2.93. The zero-order valence-electron chi connectivity index (χ0n) is 6.94. The van der Waals surface area contributed by atoms with E-state index < -0.39 is 30.1 Å². The highest BCUT2D eigenvalue weighted by atomic mass is 19.4. The van der Waals surface area contributed by atoms with Gasteiger partial charge >= 0.3 is 6.18 Å². The van der Waals surface area contributed by atoms with Crippen molar-refractivity contribution in [2.45, 2.75) is 24.5 Å². The third-order valence-electron chi connectivity index (χ3n) is 1.89. The molecule has 0 saturated carbocycles. The maximum atomic E-state index is 12.0. The maximum Gasteiger partial charge on any atom is 0.418 e. The van der Waals surface area contributed by atoms with Crippen LogP contribution in [0.3, 0.4) is 0 Å². The first-order chi connectivity index (χ1) is 6.34. The highest BCUT2D eigenvalue weighted by molar-refractivity contribution is 5.29. The number of hydrogen-bond donors (Lipinski definition) is 3. The fourth-order valence-electron chi connectivity index (χ4n) is 1.12. The Morgan fingerprint density at radius 3 is 2.36 bits per heavy atom. The normalized spacial score (nSPS) is 30.0. The second-order valence-electron chi connectivity index (χ2n) is 2.93. The monoisotopic (exact) mass is 210 g/mol. The third kappa shape index (κ3) is 2.14. The minimum absolute atomic E-state index is 0.646. The van der Waals surface area contributed by atoms with Crippen LogP contribution in [0.4, 0.5) is 13.2 Å². The molecule has 0 amide bonds. The van der Waals surface area contributed by atoms with Crippen molar-refractivity contribution in [3.05, 3.63) is 23.8 Å². The Hall–Kier alpha value is -0.850. The van der Waals surface area contributed by atoms with Gasteiger partial charge in [-0.05, 0) is 5.57 Å². The molecule has 80 valence electrons. The number of hydrogen-bond acceptors (Lipinski definition) is 3. The Kier molecular flexibility index (Phi) is 2.98. The van der Waals surface area contributed by atoms with Gasteiger partial charge in [0.05, 0.1) is 0 Å². The van der Waals surface area contributed by atoms with E-state index in [0.717, 1.165) is 18.2 Å². The predicted molar refractivity (Wildman–Crippen MR) is 41.3 cm³/mol. The Labute approximate surface area is 77.8 Å². The summed E-state index contributed by atoms with van der Waals surface area (Å²) in [5.41, 5.74) is -0.646. The van der Waals surface area contributed by atoms with Crippen LogP contribution in [-0.4, -0.2) is 39.8 Å². The molecule has 1 unspecified atom stereocenters. The van der Waals surface area contributed by atoms with E-state index in [1.54, 1.807) is 0 Å². The molecule has 1 aliphatic carbocycles. The summed E-state index contributed by atoms with van der Waals surface area (Å²) < 4.78 is 36.1. The van der Waals surface area contributed by atoms with Gasteiger partial charge in [-0.3, -0.25) is 0 Å². The lowest BCUT2D eigenvalue weighted by Gasteiger charge is -2.26. The first-order valence-electron chi connectivity index (χ1n) is 3.83. The smallest absolute Gasteiger partial charge is 0.386 e. The molecule has 0 heterocycles. The van der Waals surface area contributed by atoms with Gasteiger partial charge in [-0.15, -0.1) is 0 Å². The molecule has 3 N–H and O–H groups in total. The van der Waals surface area contributed by atoms with Crippen molar-refractivity contribution in [3.63, 3.8) is 0 Å². The fraction of sp³-hybridized carbons (Fsp3) is 0.500. The minimum Gasteiger partial charge on any atom is -0.386 e. The molecule has 0 bridgehead atoms. The van der Waals surface area contributed by atoms with E-state index >= 15 is 0 Å². The van der Waals surface area contributed by atoms with Gasteiger partial charge < -0.3 is 15.3 Å². The highest BCUT2D eigenvalue weighted by Crippen LogP contribution is 2.29. The van der Waals surface area contributed by atoms with E-state index in [9.17, 15) is 13.2 Å². The van der Waals surface area contributed by atoms with Crippen LogP contribution < -0.4 is 0 Å². The third-order valence-corrected chi connectivity index (χ3v) is 1.89. The van der Waals surface area contributed by atoms with Crippen molar-refractivity contribution < 1.29 is 28.5 Å². The summed E-state index contributed by atoms with van der Waals surface area (Å²) in [5, 5.41) is 26.9. The average Bonchev–Trinajstić information content (AvgIpc) is 2.07. The molecule has 0 aliphatic heterocycles. The number of alkyl halides is 3. The van der Waals surface area contributed by atoms with Crippen LogP contribution in [0, 0.1) is 0 Å². The van der Waals surface area contributed by atoms with Crippen LogP contribution in [0.2, 0.25) is 0 Å². The van der Waals surface area contributed by atoms with Gasteiger partial charge in [-0.25, -0.2) is 0 Å². The number of allylic oxidation sites excluding steroid dienone is 2. The van der Waals surface area contributed by atoms with Gasteiger partial charge in [0.15, 0.2) is 6.10 Å². The zero-order valence-corrected chi connectivity index (χ0v) is 6.94. The van der Waals surface area contributed by atoms with Crippen molar-refractivity contribution in [2.75, 3.05) is 0 Å². The lowest BCUT2D eigenvalue weighted by atomic mass is 9.94. The van der Waals surface area contributed by atoms with Crippen LogP contribution in [0.15, 0.2) is 23.8 Å². The van der Waals surface area contributed by atoms with Crippen LogP contribution in [0.1, 0.15) is 0 Å². The number of aliphatic hydroxyl groups excluding tert-OH is 3. The lowest BCUT2D eigenvalue weighted by Crippen LogP contribution is -2.40. The molecule has 0 saturated heterocycles. The first-order valence-corrected chi connectivity index (χ1v) is 3.83. The molecule has 14 heavy (non-hydrogen) atoms. The Morgan fingerprint density at radius 2 is 1.86 bits per heavy atom. The molecular weight excluding hydrogens is 201 g/mol. The molecule has 3 nitrogen and oxygen atoms in total. The number of rotatable bonds is 1. The fourth-order valence-corrected chi connectivity index (χ4v) is 1.12. The predicted octanol–water partition coefficient (Wildman–Crippen LogP) is 0.128. The van der Waals surface area contributed by atoms with Crippen LogP contribution in [0.5, 0.6) is 0 Å². The van der Waals surface area contributed by atoms with E-state index in [2.05, 4.69) is 0 Å². The lowest BCUT2D eigenvalue weighted by molar-refractivity contribution is -0.195. The minimum atomic E-state index is -4.84. The standard InChI is InChI=1S/C8H9F3O3/c9-8(10,11)7(14)4-2-1-3-5(12)6(4)13/h1-3,5-7,12-14H/t5-,6-,7?/m1/s1. The van der Waals surface area contributed by atoms with Crippen LogP contribution >= 0.6 is 0 Å². The second kappa shape index (κ2) is 3.72.